The Morgan fingerprint density at radius 1 is 1.09 bits per heavy atom. The minimum atomic E-state index is -0.367. The monoisotopic (exact) mass is 316 g/mol. The molecule has 0 spiro atoms. The maximum Gasteiger partial charge on any atom is 0.158 e. The van der Waals surface area contributed by atoms with Gasteiger partial charge in [-0.25, -0.2) is 0 Å². The van der Waals surface area contributed by atoms with Crippen LogP contribution in [0.5, 0.6) is 0 Å². The van der Waals surface area contributed by atoms with E-state index >= 15 is 0 Å². The number of Topliss-reactive ketones (excluding diaryl/α,β-unsaturated/α-hetero) is 2. The molecule has 22 heavy (non-hydrogen) atoms. The zero-order valence-corrected chi connectivity index (χ0v) is 13.5. The molecule has 2 aliphatic carbocycles. The van der Waals surface area contributed by atoms with E-state index in [4.69, 9.17) is 11.6 Å². The normalized spacial score (nSPS) is 23.1. The Bertz CT molecular complexity index is 609. The third kappa shape index (κ3) is 3.17. The number of carbonyl (C=O) groups is 2. The average Bonchev–Trinajstić information content (AvgIpc) is 3.29. The van der Waals surface area contributed by atoms with Crippen LogP contribution in [0.15, 0.2) is 35.9 Å². The molecule has 0 radical (unpaired) electrons. The van der Waals surface area contributed by atoms with Crippen molar-refractivity contribution < 1.29 is 9.59 Å². The molecule has 2 nitrogen and oxygen atoms in total. The highest BCUT2D eigenvalue weighted by atomic mass is 35.5. The zero-order valence-electron chi connectivity index (χ0n) is 12.7. The lowest BCUT2D eigenvalue weighted by atomic mass is 9.86. The van der Waals surface area contributed by atoms with Crippen LogP contribution < -0.4 is 0 Å². The van der Waals surface area contributed by atoms with Gasteiger partial charge in [-0.15, -0.1) is 0 Å². The maximum absolute atomic E-state index is 12.8. The molecule has 0 aliphatic heterocycles. The molecule has 1 aromatic rings. The molecule has 0 saturated heterocycles. The Morgan fingerprint density at radius 2 is 1.82 bits per heavy atom. The summed E-state index contributed by atoms with van der Waals surface area (Å²) in [5.74, 6) is 0.356. The highest BCUT2D eigenvalue weighted by Gasteiger charge is 2.50. The number of carbonyl (C=O) groups excluding carboxylic acids is 2. The molecule has 0 heterocycles. The highest BCUT2D eigenvalue weighted by molar-refractivity contribution is 6.30. The van der Waals surface area contributed by atoms with E-state index in [2.05, 4.69) is 0 Å². The van der Waals surface area contributed by atoms with E-state index in [1.165, 1.54) is 0 Å². The Labute approximate surface area is 136 Å². The summed E-state index contributed by atoms with van der Waals surface area (Å²) in [5.41, 5.74) is 1.42. The molecule has 3 heteroatoms. The van der Waals surface area contributed by atoms with Gasteiger partial charge in [0.25, 0.3) is 0 Å². The lowest BCUT2D eigenvalue weighted by Gasteiger charge is -2.16. The van der Waals surface area contributed by atoms with Gasteiger partial charge in [-0.1, -0.05) is 36.2 Å². The van der Waals surface area contributed by atoms with Gasteiger partial charge in [0, 0.05) is 17.9 Å². The van der Waals surface area contributed by atoms with Gasteiger partial charge < -0.3 is 0 Å². The summed E-state index contributed by atoms with van der Waals surface area (Å²) >= 11 is 5.93. The Morgan fingerprint density at radius 3 is 2.50 bits per heavy atom. The summed E-state index contributed by atoms with van der Waals surface area (Å²) in [6.45, 7) is 0. The van der Waals surface area contributed by atoms with Crippen LogP contribution in [0.4, 0.5) is 0 Å². The van der Waals surface area contributed by atoms with Crippen molar-refractivity contribution in [3.8, 4) is 0 Å². The zero-order chi connectivity index (χ0) is 15.6. The molecule has 1 saturated carbocycles. The fourth-order valence-corrected chi connectivity index (χ4v) is 3.42. The molecule has 0 atom stereocenters. The number of ketones is 2. The third-order valence-electron chi connectivity index (χ3n) is 4.89. The summed E-state index contributed by atoms with van der Waals surface area (Å²) in [7, 11) is 0. The van der Waals surface area contributed by atoms with Crippen LogP contribution in [0.25, 0.3) is 0 Å². The molecule has 0 bridgehead atoms. The number of hydrogen-bond acceptors (Lipinski definition) is 2. The first kappa shape index (κ1) is 15.5. The molecule has 0 unspecified atom stereocenters. The van der Waals surface area contributed by atoms with Crippen molar-refractivity contribution >= 4 is 23.2 Å². The van der Waals surface area contributed by atoms with Crippen molar-refractivity contribution in [1.29, 1.82) is 0 Å². The van der Waals surface area contributed by atoms with Gasteiger partial charge in [0.05, 0.1) is 5.41 Å². The second-order valence-corrected chi connectivity index (χ2v) is 6.88. The highest BCUT2D eigenvalue weighted by Crippen LogP contribution is 2.50. The van der Waals surface area contributed by atoms with E-state index in [1.807, 2.05) is 30.3 Å². The van der Waals surface area contributed by atoms with Crippen molar-refractivity contribution in [2.24, 2.45) is 0 Å². The number of rotatable bonds is 4. The number of halogens is 1. The lowest BCUT2D eigenvalue weighted by Crippen LogP contribution is -2.22. The van der Waals surface area contributed by atoms with Crippen molar-refractivity contribution in [2.45, 2.75) is 56.8 Å². The van der Waals surface area contributed by atoms with Crippen molar-refractivity contribution in [1.82, 2.24) is 0 Å². The Hall–Kier alpha value is -1.41. The Balaban J connectivity index is 1.76. The number of benzene rings is 1. The maximum atomic E-state index is 12.8. The van der Waals surface area contributed by atoms with E-state index in [0.29, 0.717) is 17.9 Å². The molecule has 0 N–H and O–H groups in total. The van der Waals surface area contributed by atoms with Crippen LogP contribution in [0.3, 0.4) is 0 Å². The lowest BCUT2D eigenvalue weighted by molar-refractivity contribution is -0.123. The average molecular weight is 317 g/mol. The van der Waals surface area contributed by atoms with Crippen LogP contribution in [-0.4, -0.2) is 11.6 Å². The summed E-state index contributed by atoms with van der Waals surface area (Å²) in [5, 5.41) is 0.685. The van der Waals surface area contributed by atoms with Crippen LogP contribution in [0, 0.1) is 0 Å². The Kier molecular flexibility index (Phi) is 4.49. The molecular weight excluding hydrogens is 296 g/mol. The minimum Gasteiger partial charge on any atom is -0.298 e. The summed E-state index contributed by atoms with van der Waals surface area (Å²) in [4.78, 5) is 25.0. The number of hydrogen-bond donors (Lipinski definition) is 0. The van der Waals surface area contributed by atoms with Gasteiger partial charge in [0.2, 0.25) is 0 Å². The predicted molar refractivity (Wildman–Crippen MR) is 88.2 cm³/mol. The molecule has 2 aliphatic rings. The fraction of sp³-hybridized carbons (Fsp3) is 0.474. The van der Waals surface area contributed by atoms with Crippen LogP contribution >= 0.6 is 11.6 Å². The van der Waals surface area contributed by atoms with Crippen molar-refractivity contribution in [2.75, 3.05) is 0 Å². The molecular formula is C19H21ClO2. The van der Waals surface area contributed by atoms with E-state index in [9.17, 15) is 9.59 Å². The van der Waals surface area contributed by atoms with Crippen molar-refractivity contribution in [3.05, 3.63) is 46.5 Å². The standard InChI is InChI=1S/C19H21ClO2/c20-16-9-7-15(8-10-16)19(11-12-19)18(22)13-14-5-3-1-2-4-6-17(14)21/h5,7-10H,1-4,6,11-13H2/b14-5-. The van der Waals surface area contributed by atoms with Crippen LogP contribution in [0.2, 0.25) is 5.02 Å². The van der Waals surface area contributed by atoms with Gasteiger partial charge in [-0.3, -0.25) is 9.59 Å². The van der Waals surface area contributed by atoms with Gasteiger partial charge >= 0.3 is 0 Å². The number of allylic oxidation sites excluding steroid dienone is 2. The van der Waals surface area contributed by atoms with Gasteiger partial charge in [-0.2, -0.15) is 0 Å². The molecule has 1 fully saturated rings. The minimum absolute atomic E-state index is 0.167. The molecule has 0 aromatic heterocycles. The first-order valence-electron chi connectivity index (χ1n) is 8.13. The van der Waals surface area contributed by atoms with E-state index in [0.717, 1.165) is 49.7 Å². The quantitative estimate of drug-likeness (QED) is 0.800. The second kappa shape index (κ2) is 6.37. The van der Waals surface area contributed by atoms with Gasteiger partial charge in [0.1, 0.15) is 5.78 Å². The van der Waals surface area contributed by atoms with E-state index in [1.54, 1.807) is 0 Å². The topological polar surface area (TPSA) is 34.1 Å². The first-order chi connectivity index (χ1) is 10.6. The molecule has 1 aromatic carbocycles. The molecule has 0 amide bonds. The largest absolute Gasteiger partial charge is 0.298 e. The van der Waals surface area contributed by atoms with Gasteiger partial charge in [-0.05, 0) is 55.4 Å². The smallest absolute Gasteiger partial charge is 0.158 e. The summed E-state index contributed by atoms with van der Waals surface area (Å²) in [6.07, 6.45) is 8.75. The SMILES string of the molecule is O=C1CCCCC/C=C\1CC(=O)C1(c2ccc(Cl)cc2)CC1. The van der Waals surface area contributed by atoms with E-state index in [-0.39, 0.29) is 17.0 Å². The molecule has 3 rings (SSSR count). The van der Waals surface area contributed by atoms with Crippen LogP contribution in [-0.2, 0) is 15.0 Å². The molecule has 116 valence electrons. The summed E-state index contributed by atoms with van der Waals surface area (Å²) in [6, 6.07) is 7.57. The first-order valence-corrected chi connectivity index (χ1v) is 8.51. The van der Waals surface area contributed by atoms with Gasteiger partial charge in [0.15, 0.2) is 5.78 Å². The summed E-state index contributed by atoms with van der Waals surface area (Å²) < 4.78 is 0. The predicted octanol–water partition coefficient (Wildman–Crippen LogP) is 4.79. The third-order valence-corrected chi connectivity index (χ3v) is 5.14. The van der Waals surface area contributed by atoms with Crippen molar-refractivity contribution in [3.63, 3.8) is 0 Å². The van der Waals surface area contributed by atoms with Crippen LogP contribution in [0.1, 0.15) is 56.9 Å². The fourth-order valence-electron chi connectivity index (χ4n) is 3.29. The van der Waals surface area contributed by atoms with E-state index < -0.39 is 0 Å². The second-order valence-electron chi connectivity index (χ2n) is 6.44.